The van der Waals surface area contributed by atoms with Gasteiger partial charge in [-0.3, -0.25) is 0 Å². The summed E-state index contributed by atoms with van der Waals surface area (Å²) in [5, 5.41) is 7.74. The van der Waals surface area contributed by atoms with Crippen molar-refractivity contribution in [3.05, 3.63) is 71.0 Å². The van der Waals surface area contributed by atoms with Crippen molar-refractivity contribution in [2.75, 3.05) is 10.9 Å². The summed E-state index contributed by atoms with van der Waals surface area (Å²) >= 11 is 1.07. The first-order valence-electron chi connectivity index (χ1n) is 8.22. The summed E-state index contributed by atoms with van der Waals surface area (Å²) in [6.07, 6.45) is 0. The van der Waals surface area contributed by atoms with Gasteiger partial charge >= 0.3 is 5.97 Å². The third-order valence-corrected chi connectivity index (χ3v) is 6.33. The van der Waals surface area contributed by atoms with E-state index in [4.69, 9.17) is 4.74 Å². The van der Waals surface area contributed by atoms with Crippen molar-refractivity contribution in [2.45, 2.75) is 18.4 Å². The van der Waals surface area contributed by atoms with Crippen LogP contribution < -0.4 is 4.31 Å². The molecular weight excluding hydrogens is 405 g/mol. The van der Waals surface area contributed by atoms with Crippen LogP contribution in [0.5, 0.6) is 0 Å². The van der Waals surface area contributed by atoms with E-state index in [2.05, 4.69) is 10.2 Å². The maximum Gasteiger partial charge on any atom is 0.338 e. The molecule has 2 aromatic carbocycles. The molecule has 7 nitrogen and oxygen atoms in total. The Morgan fingerprint density at radius 2 is 1.82 bits per heavy atom. The second-order valence-electron chi connectivity index (χ2n) is 5.60. The van der Waals surface area contributed by atoms with Gasteiger partial charge in [-0.2, -0.15) is 0 Å². The van der Waals surface area contributed by atoms with E-state index in [1.165, 1.54) is 54.0 Å². The lowest BCUT2D eigenvalue weighted by molar-refractivity contribution is 0.0526. The van der Waals surface area contributed by atoms with Crippen molar-refractivity contribution in [2.24, 2.45) is 0 Å². The fourth-order valence-electron chi connectivity index (χ4n) is 2.39. The molecule has 0 aliphatic rings. The number of ether oxygens (including phenoxy) is 1. The van der Waals surface area contributed by atoms with Crippen LogP contribution in [0.4, 0.5) is 9.52 Å². The molecule has 0 amide bonds. The van der Waals surface area contributed by atoms with Crippen molar-refractivity contribution >= 4 is 32.5 Å². The van der Waals surface area contributed by atoms with Gasteiger partial charge in [0.2, 0.25) is 5.13 Å². The molecular formula is C18H16FN3O4S2. The van der Waals surface area contributed by atoms with Gasteiger partial charge in [0.1, 0.15) is 11.3 Å². The number of carbonyl (C=O) groups excluding carboxylic acids is 1. The molecule has 1 aromatic heterocycles. The number of nitrogens with zero attached hydrogens (tertiary/aromatic N) is 3. The van der Waals surface area contributed by atoms with Gasteiger partial charge in [-0.15, -0.1) is 10.2 Å². The predicted molar refractivity (Wildman–Crippen MR) is 102 cm³/mol. The summed E-state index contributed by atoms with van der Waals surface area (Å²) in [6.45, 7) is 1.87. The lowest BCUT2D eigenvalue weighted by Crippen LogP contribution is -2.30. The number of rotatable bonds is 7. The van der Waals surface area contributed by atoms with E-state index >= 15 is 0 Å². The van der Waals surface area contributed by atoms with Gasteiger partial charge in [0.15, 0.2) is 0 Å². The van der Waals surface area contributed by atoms with E-state index < -0.39 is 21.8 Å². The standard InChI is InChI=1S/C18H16FN3O4S2/c1-2-26-17(23)14-5-9-16(10-6-14)28(24,25)22(18-21-20-12-27-18)11-13-3-7-15(19)8-4-13/h3-10,12H,2,11H2,1H3. The fraction of sp³-hybridized carbons (Fsp3) is 0.167. The topological polar surface area (TPSA) is 89.5 Å². The number of esters is 1. The molecule has 0 fully saturated rings. The highest BCUT2D eigenvalue weighted by molar-refractivity contribution is 7.93. The first-order valence-corrected chi connectivity index (χ1v) is 10.5. The van der Waals surface area contributed by atoms with Crippen LogP contribution in [0.15, 0.2) is 58.9 Å². The third kappa shape index (κ3) is 4.34. The zero-order valence-electron chi connectivity index (χ0n) is 14.8. The first kappa shape index (κ1) is 19.9. The quantitative estimate of drug-likeness (QED) is 0.544. The highest BCUT2D eigenvalue weighted by Crippen LogP contribution is 2.27. The van der Waals surface area contributed by atoms with Crippen molar-refractivity contribution in [1.82, 2.24) is 10.2 Å². The molecule has 0 radical (unpaired) electrons. The molecule has 1 heterocycles. The maximum atomic E-state index is 13.2. The zero-order chi connectivity index (χ0) is 20.1. The summed E-state index contributed by atoms with van der Waals surface area (Å²) in [7, 11) is -3.99. The SMILES string of the molecule is CCOC(=O)c1ccc(S(=O)(=O)N(Cc2ccc(F)cc2)c2nncs2)cc1. The second-order valence-corrected chi connectivity index (χ2v) is 8.28. The summed E-state index contributed by atoms with van der Waals surface area (Å²) < 4.78 is 45.5. The van der Waals surface area contributed by atoms with Crippen LogP contribution in [0.2, 0.25) is 0 Å². The molecule has 0 bridgehead atoms. The van der Waals surface area contributed by atoms with Gasteiger partial charge in [0.25, 0.3) is 10.0 Å². The van der Waals surface area contributed by atoms with Crippen LogP contribution in [0.1, 0.15) is 22.8 Å². The molecule has 146 valence electrons. The molecule has 3 rings (SSSR count). The molecule has 0 aliphatic carbocycles. The number of benzene rings is 2. The van der Waals surface area contributed by atoms with Crippen molar-refractivity contribution in [3.63, 3.8) is 0 Å². The summed E-state index contributed by atoms with van der Waals surface area (Å²) in [4.78, 5) is 11.7. The normalized spacial score (nSPS) is 11.2. The number of sulfonamides is 1. The molecule has 0 N–H and O–H groups in total. The Hall–Kier alpha value is -2.85. The van der Waals surface area contributed by atoms with E-state index in [9.17, 15) is 17.6 Å². The van der Waals surface area contributed by atoms with Gasteiger partial charge in [0.05, 0.1) is 23.6 Å². The molecule has 0 saturated carbocycles. The molecule has 0 spiro atoms. The molecule has 0 saturated heterocycles. The molecule has 0 atom stereocenters. The van der Waals surface area contributed by atoms with E-state index in [0.29, 0.717) is 5.56 Å². The van der Waals surface area contributed by atoms with E-state index in [-0.39, 0.29) is 28.7 Å². The van der Waals surface area contributed by atoms with Gasteiger partial charge in [-0.1, -0.05) is 23.5 Å². The van der Waals surface area contributed by atoms with Crippen LogP contribution in [-0.2, 0) is 21.3 Å². The lowest BCUT2D eigenvalue weighted by Gasteiger charge is -2.21. The van der Waals surface area contributed by atoms with Crippen molar-refractivity contribution in [3.8, 4) is 0 Å². The van der Waals surface area contributed by atoms with Crippen LogP contribution in [-0.4, -0.2) is 31.2 Å². The molecule has 10 heteroatoms. The Kier molecular flexibility index (Phi) is 6.00. The Morgan fingerprint density at radius 1 is 1.14 bits per heavy atom. The van der Waals surface area contributed by atoms with E-state index in [1.54, 1.807) is 6.92 Å². The average molecular weight is 421 g/mol. The first-order chi connectivity index (χ1) is 13.4. The smallest absolute Gasteiger partial charge is 0.338 e. The van der Waals surface area contributed by atoms with Crippen LogP contribution in [0, 0.1) is 5.82 Å². The van der Waals surface area contributed by atoms with Gasteiger partial charge in [-0.25, -0.2) is 21.9 Å². The van der Waals surface area contributed by atoms with Gasteiger partial charge < -0.3 is 4.74 Å². The minimum absolute atomic E-state index is 0.0159. The highest BCUT2D eigenvalue weighted by Gasteiger charge is 2.28. The second kappa shape index (κ2) is 8.44. The Labute approximate surface area is 165 Å². The minimum atomic E-state index is -3.99. The molecule has 28 heavy (non-hydrogen) atoms. The minimum Gasteiger partial charge on any atom is -0.462 e. The number of aromatic nitrogens is 2. The largest absolute Gasteiger partial charge is 0.462 e. The lowest BCUT2D eigenvalue weighted by atomic mass is 10.2. The average Bonchev–Trinajstić information content (AvgIpc) is 3.22. The van der Waals surface area contributed by atoms with Crippen LogP contribution in [0.3, 0.4) is 0 Å². The Morgan fingerprint density at radius 3 is 2.39 bits per heavy atom. The fourth-order valence-corrected chi connectivity index (χ4v) is 4.58. The summed E-state index contributed by atoms with van der Waals surface area (Å²) in [5.41, 5.74) is 2.26. The molecule has 0 aliphatic heterocycles. The third-order valence-electron chi connectivity index (χ3n) is 3.75. The molecule has 0 unspecified atom stereocenters. The highest BCUT2D eigenvalue weighted by atomic mass is 32.2. The van der Waals surface area contributed by atoms with E-state index in [1.807, 2.05) is 0 Å². The number of hydrogen-bond acceptors (Lipinski definition) is 7. The maximum absolute atomic E-state index is 13.2. The number of anilines is 1. The zero-order valence-corrected chi connectivity index (χ0v) is 16.4. The summed E-state index contributed by atoms with van der Waals surface area (Å²) in [6, 6.07) is 11.0. The monoisotopic (exact) mass is 421 g/mol. The van der Waals surface area contributed by atoms with Gasteiger partial charge in [0, 0.05) is 0 Å². The van der Waals surface area contributed by atoms with Crippen molar-refractivity contribution < 1.29 is 22.3 Å². The Balaban J connectivity index is 1.94. The van der Waals surface area contributed by atoms with Crippen molar-refractivity contribution in [1.29, 1.82) is 0 Å². The predicted octanol–water partition coefficient (Wildman–Crippen LogP) is 3.25. The Bertz CT molecular complexity index is 1040. The summed E-state index contributed by atoms with van der Waals surface area (Å²) in [5.74, 6) is -0.942. The molecule has 3 aromatic rings. The van der Waals surface area contributed by atoms with Crippen LogP contribution >= 0.6 is 11.3 Å². The van der Waals surface area contributed by atoms with Gasteiger partial charge in [-0.05, 0) is 48.9 Å². The number of halogens is 1. The van der Waals surface area contributed by atoms with Crippen LogP contribution in [0.25, 0.3) is 0 Å². The number of carbonyl (C=O) groups is 1. The van der Waals surface area contributed by atoms with E-state index in [0.717, 1.165) is 15.6 Å². The number of hydrogen-bond donors (Lipinski definition) is 0.